The van der Waals surface area contributed by atoms with Gasteiger partial charge in [0.2, 0.25) is 0 Å². The molecule has 1 fully saturated rings. The standard InChI is InChI=1S/C27H28N6O3S/c1-16(2)37(35,36)21-7-4-17(5-8-21)23-12-29-26-25(31-23)24(13-30-26)33-14-18-3-6-20(11-22(18)27(33)34)32-10-9-19(28)15-32/h3-8,11-13,16,19H,9-10,14-15,28H2,1-2H3,(H,29,30). The first-order valence-corrected chi connectivity index (χ1v) is 13.9. The Morgan fingerprint density at radius 2 is 1.92 bits per heavy atom. The summed E-state index contributed by atoms with van der Waals surface area (Å²) >= 11 is 0. The second-order valence-corrected chi connectivity index (χ2v) is 12.5. The van der Waals surface area contributed by atoms with Crippen molar-refractivity contribution in [3.05, 3.63) is 66.0 Å². The molecule has 0 saturated carbocycles. The van der Waals surface area contributed by atoms with E-state index in [0.717, 1.165) is 36.3 Å². The maximum Gasteiger partial charge on any atom is 0.259 e. The number of fused-ring (bicyclic) bond motifs is 2. The zero-order valence-corrected chi connectivity index (χ0v) is 21.5. The summed E-state index contributed by atoms with van der Waals surface area (Å²) in [7, 11) is -3.36. The van der Waals surface area contributed by atoms with E-state index >= 15 is 0 Å². The minimum atomic E-state index is -3.36. The van der Waals surface area contributed by atoms with E-state index in [1.54, 1.807) is 55.4 Å². The van der Waals surface area contributed by atoms with Crippen LogP contribution >= 0.6 is 0 Å². The minimum absolute atomic E-state index is 0.0725. The molecule has 2 aromatic carbocycles. The van der Waals surface area contributed by atoms with Crippen molar-refractivity contribution < 1.29 is 13.2 Å². The van der Waals surface area contributed by atoms with Crippen molar-refractivity contribution in [1.82, 2.24) is 15.0 Å². The Labute approximate surface area is 215 Å². The van der Waals surface area contributed by atoms with Crippen LogP contribution in [0.3, 0.4) is 0 Å². The van der Waals surface area contributed by atoms with Gasteiger partial charge in [0.15, 0.2) is 15.5 Å². The summed E-state index contributed by atoms with van der Waals surface area (Å²) in [6.07, 6.45) is 4.35. The van der Waals surface area contributed by atoms with Gasteiger partial charge in [-0.2, -0.15) is 0 Å². The van der Waals surface area contributed by atoms with Gasteiger partial charge in [-0.3, -0.25) is 4.79 Å². The van der Waals surface area contributed by atoms with Crippen molar-refractivity contribution in [2.45, 2.75) is 43.0 Å². The molecule has 1 unspecified atom stereocenters. The van der Waals surface area contributed by atoms with Gasteiger partial charge in [-0.05, 0) is 50.1 Å². The number of anilines is 2. The maximum absolute atomic E-state index is 13.5. The molecule has 3 N–H and O–H groups in total. The normalized spacial score (nSPS) is 17.8. The second-order valence-electron chi connectivity index (χ2n) is 9.97. The third kappa shape index (κ3) is 3.96. The molecule has 10 heteroatoms. The van der Waals surface area contributed by atoms with Crippen LogP contribution in [0.5, 0.6) is 0 Å². The number of amides is 1. The Morgan fingerprint density at radius 1 is 1.14 bits per heavy atom. The number of H-pyrrole nitrogens is 1. The number of nitrogens with two attached hydrogens (primary N) is 1. The second kappa shape index (κ2) is 8.67. The molecule has 0 spiro atoms. The van der Waals surface area contributed by atoms with E-state index < -0.39 is 15.1 Å². The molecule has 6 rings (SSSR count). The Kier molecular flexibility index (Phi) is 5.54. The average molecular weight is 517 g/mol. The van der Waals surface area contributed by atoms with Crippen LogP contribution in [0.4, 0.5) is 11.4 Å². The lowest BCUT2D eigenvalue weighted by atomic mass is 10.1. The fourth-order valence-corrected chi connectivity index (χ4v) is 6.07. The summed E-state index contributed by atoms with van der Waals surface area (Å²) < 4.78 is 24.9. The summed E-state index contributed by atoms with van der Waals surface area (Å²) in [5.74, 6) is -0.0725. The van der Waals surface area contributed by atoms with E-state index in [2.05, 4.69) is 20.9 Å². The van der Waals surface area contributed by atoms with Crippen LogP contribution in [-0.2, 0) is 16.4 Å². The number of sulfone groups is 1. The van der Waals surface area contributed by atoms with Crippen molar-refractivity contribution in [3.8, 4) is 11.3 Å². The highest BCUT2D eigenvalue weighted by Gasteiger charge is 2.32. The van der Waals surface area contributed by atoms with E-state index in [0.29, 0.717) is 34.7 Å². The molecule has 0 aliphatic carbocycles. The van der Waals surface area contributed by atoms with Gasteiger partial charge in [-0.1, -0.05) is 18.2 Å². The van der Waals surface area contributed by atoms with Crippen molar-refractivity contribution in [2.24, 2.45) is 5.73 Å². The fraction of sp³-hybridized carbons (Fsp3) is 0.296. The van der Waals surface area contributed by atoms with Crippen molar-refractivity contribution >= 4 is 38.3 Å². The Balaban J connectivity index is 1.31. The first kappa shape index (κ1) is 23.6. The third-order valence-electron chi connectivity index (χ3n) is 7.24. The summed E-state index contributed by atoms with van der Waals surface area (Å²) in [5.41, 5.74) is 11.9. The molecule has 1 amide bonds. The third-order valence-corrected chi connectivity index (χ3v) is 9.41. The van der Waals surface area contributed by atoms with Gasteiger partial charge in [-0.15, -0.1) is 0 Å². The van der Waals surface area contributed by atoms with Crippen LogP contribution in [0.25, 0.3) is 22.4 Å². The van der Waals surface area contributed by atoms with Gasteiger partial charge in [0.05, 0.1) is 34.3 Å². The van der Waals surface area contributed by atoms with Crippen LogP contribution in [0.15, 0.2) is 59.8 Å². The topological polar surface area (TPSA) is 125 Å². The first-order valence-electron chi connectivity index (χ1n) is 12.4. The predicted molar refractivity (Wildman–Crippen MR) is 143 cm³/mol. The lowest BCUT2D eigenvalue weighted by Crippen LogP contribution is -2.26. The van der Waals surface area contributed by atoms with E-state index in [4.69, 9.17) is 10.7 Å². The molecular weight excluding hydrogens is 488 g/mol. The van der Waals surface area contributed by atoms with Crippen LogP contribution in [0.1, 0.15) is 36.2 Å². The van der Waals surface area contributed by atoms with Crippen LogP contribution < -0.4 is 15.5 Å². The molecule has 2 aliphatic heterocycles. The van der Waals surface area contributed by atoms with Gasteiger partial charge in [0, 0.05) is 42.1 Å². The Bertz CT molecular complexity index is 1630. The van der Waals surface area contributed by atoms with Gasteiger partial charge < -0.3 is 20.5 Å². The number of hydrogen-bond acceptors (Lipinski definition) is 7. The number of aromatic amines is 1. The molecule has 4 heterocycles. The molecule has 0 bridgehead atoms. The van der Waals surface area contributed by atoms with E-state index in [1.807, 2.05) is 12.1 Å². The smallest absolute Gasteiger partial charge is 0.259 e. The average Bonchev–Trinajstić information content (AvgIpc) is 3.60. The number of carbonyl (C=O) groups is 1. The molecule has 190 valence electrons. The fourth-order valence-electron chi connectivity index (χ4n) is 5.01. The van der Waals surface area contributed by atoms with Gasteiger partial charge in [0.25, 0.3) is 5.91 Å². The van der Waals surface area contributed by atoms with E-state index in [-0.39, 0.29) is 16.8 Å². The van der Waals surface area contributed by atoms with Crippen molar-refractivity contribution in [2.75, 3.05) is 22.9 Å². The highest BCUT2D eigenvalue weighted by molar-refractivity contribution is 7.92. The zero-order valence-electron chi connectivity index (χ0n) is 20.7. The number of carbonyl (C=O) groups excluding carboxylic acids is 1. The van der Waals surface area contributed by atoms with Crippen LogP contribution in [-0.4, -0.2) is 53.7 Å². The molecule has 2 aliphatic rings. The minimum Gasteiger partial charge on any atom is -0.370 e. The monoisotopic (exact) mass is 516 g/mol. The first-order chi connectivity index (χ1) is 17.7. The van der Waals surface area contributed by atoms with Crippen LogP contribution in [0, 0.1) is 0 Å². The molecular formula is C27H28N6O3S. The zero-order chi connectivity index (χ0) is 25.9. The highest BCUT2D eigenvalue weighted by Crippen LogP contribution is 2.35. The number of nitrogens with one attached hydrogen (secondary N) is 1. The number of nitrogens with zero attached hydrogens (tertiary/aromatic N) is 4. The van der Waals surface area contributed by atoms with Gasteiger partial charge >= 0.3 is 0 Å². The predicted octanol–water partition coefficient (Wildman–Crippen LogP) is 3.50. The van der Waals surface area contributed by atoms with Crippen molar-refractivity contribution in [1.29, 1.82) is 0 Å². The molecule has 0 radical (unpaired) electrons. The van der Waals surface area contributed by atoms with E-state index in [9.17, 15) is 13.2 Å². The van der Waals surface area contributed by atoms with Gasteiger partial charge in [0.1, 0.15) is 5.52 Å². The quantitative estimate of drug-likeness (QED) is 0.416. The van der Waals surface area contributed by atoms with E-state index in [1.165, 1.54) is 0 Å². The molecule has 1 atom stereocenters. The molecule has 4 aromatic rings. The molecule has 2 aromatic heterocycles. The summed E-state index contributed by atoms with van der Waals surface area (Å²) in [5, 5.41) is -0.497. The summed E-state index contributed by atoms with van der Waals surface area (Å²) in [4.78, 5) is 30.1. The molecule has 9 nitrogen and oxygen atoms in total. The Hall–Kier alpha value is -3.76. The Morgan fingerprint density at radius 3 is 2.62 bits per heavy atom. The molecule has 1 saturated heterocycles. The molecule has 37 heavy (non-hydrogen) atoms. The van der Waals surface area contributed by atoms with Gasteiger partial charge in [-0.25, -0.2) is 18.4 Å². The number of aromatic nitrogens is 3. The lowest BCUT2D eigenvalue weighted by Gasteiger charge is -2.18. The largest absolute Gasteiger partial charge is 0.370 e. The maximum atomic E-state index is 13.5. The SMILES string of the molecule is CC(C)S(=O)(=O)c1ccc(-c2cnc3[nH]cc(N4Cc5ccc(N6CCC(N)C6)cc5C4=O)c3n2)cc1. The highest BCUT2D eigenvalue weighted by atomic mass is 32.2. The van der Waals surface area contributed by atoms with Crippen LogP contribution in [0.2, 0.25) is 0 Å². The number of rotatable bonds is 5. The number of benzene rings is 2. The summed E-state index contributed by atoms with van der Waals surface area (Å²) in [6.45, 7) is 5.47. The number of hydrogen-bond donors (Lipinski definition) is 2. The summed E-state index contributed by atoms with van der Waals surface area (Å²) in [6, 6.07) is 12.9. The van der Waals surface area contributed by atoms with Crippen molar-refractivity contribution in [3.63, 3.8) is 0 Å². The lowest BCUT2D eigenvalue weighted by molar-refractivity contribution is 0.0997.